The van der Waals surface area contributed by atoms with Gasteiger partial charge in [0.2, 0.25) is 0 Å². The number of aromatic nitrogens is 3. The van der Waals surface area contributed by atoms with Crippen LogP contribution in [-0.4, -0.2) is 14.3 Å². The third-order valence-corrected chi connectivity index (χ3v) is 5.68. The normalized spacial score (nSPS) is 15.0. The van der Waals surface area contributed by atoms with E-state index >= 15 is 0 Å². The first kappa shape index (κ1) is 17.7. The molecule has 0 spiro atoms. The topological polar surface area (TPSA) is 68.9 Å². The molecule has 6 heteroatoms. The van der Waals surface area contributed by atoms with Crippen LogP contribution < -0.4 is 16.4 Å². The molecule has 0 radical (unpaired) electrons. The van der Waals surface area contributed by atoms with Gasteiger partial charge in [-0.25, -0.2) is 4.68 Å². The molecule has 146 valence electrons. The highest BCUT2D eigenvalue weighted by molar-refractivity contribution is 5.90. The molecule has 0 amide bonds. The first-order chi connectivity index (χ1) is 14.0. The summed E-state index contributed by atoms with van der Waals surface area (Å²) in [5.41, 5.74) is 0.740. The van der Waals surface area contributed by atoms with Crippen LogP contribution in [-0.2, 0) is 7.05 Å². The van der Waals surface area contributed by atoms with Crippen molar-refractivity contribution in [2.45, 2.75) is 31.8 Å². The standard InChI is InChI=1S/C23H22N4O2/c1-14(16-8-7-15-5-3-4-6-17(15)11-16)24-22-20-13-27(18-9-10-18)21(28)12-19(20)23(29)26(2)25-22/h3-8,11-14,18H,9-10H2,1-2H3,(H,24,25). The highest BCUT2D eigenvalue weighted by Gasteiger charge is 2.25. The molecule has 0 bridgehead atoms. The maximum absolute atomic E-state index is 12.6. The average Bonchev–Trinajstić information content (AvgIpc) is 3.56. The highest BCUT2D eigenvalue weighted by atomic mass is 16.1. The maximum Gasteiger partial charge on any atom is 0.274 e. The number of nitrogens with zero attached hydrogens (tertiary/aromatic N) is 3. The summed E-state index contributed by atoms with van der Waals surface area (Å²) >= 11 is 0. The van der Waals surface area contributed by atoms with Crippen LogP contribution >= 0.6 is 0 Å². The average molecular weight is 386 g/mol. The van der Waals surface area contributed by atoms with E-state index in [-0.39, 0.29) is 23.2 Å². The summed E-state index contributed by atoms with van der Waals surface area (Å²) in [6, 6.07) is 16.3. The zero-order valence-electron chi connectivity index (χ0n) is 16.4. The van der Waals surface area contributed by atoms with Crippen LogP contribution in [0, 0.1) is 0 Å². The zero-order chi connectivity index (χ0) is 20.1. The van der Waals surface area contributed by atoms with Crippen molar-refractivity contribution >= 4 is 27.4 Å². The fourth-order valence-electron chi connectivity index (χ4n) is 3.85. The molecule has 1 unspecified atom stereocenters. The molecule has 1 fully saturated rings. The molecule has 2 aromatic heterocycles. The zero-order valence-corrected chi connectivity index (χ0v) is 16.4. The fourth-order valence-corrected chi connectivity index (χ4v) is 3.85. The van der Waals surface area contributed by atoms with E-state index in [1.807, 2.05) is 12.1 Å². The minimum atomic E-state index is -0.260. The van der Waals surface area contributed by atoms with Gasteiger partial charge in [-0.15, -0.1) is 0 Å². The highest BCUT2D eigenvalue weighted by Crippen LogP contribution is 2.34. The number of nitrogens with one attached hydrogen (secondary N) is 1. The number of pyridine rings is 1. The molecule has 6 nitrogen and oxygen atoms in total. The van der Waals surface area contributed by atoms with Crippen LogP contribution in [0.5, 0.6) is 0 Å². The van der Waals surface area contributed by atoms with Crippen LogP contribution in [0.15, 0.2) is 64.3 Å². The third kappa shape index (κ3) is 3.10. The van der Waals surface area contributed by atoms with Crippen LogP contribution in [0.1, 0.15) is 37.4 Å². The third-order valence-electron chi connectivity index (χ3n) is 5.68. The lowest BCUT2D eigenvalue weighted by Gasteiger charge is -2.18. The molecule has 1 aliphatic carbocycles. The Kier molecular flexibility index (Phi) is 4.01. The van der Waals surface area contributed by atoms with Gasteiger partial charge in [-0.3, -0.25) is 9.59 Å². The van der Waals surface area contributed by atoms with Crippen LogP contribution in [0.25, 0.3) is 21.5 Å². The van der Waals surface area contributed by atoms with E-state index < -0.39 is 0 Å². The Labute approximate surface area is 167 Å². The van der Waals surface area contributed by atoms with Crippen molar-refractivity contribution in [3.05, 3.63) is 81.0 Å². The first-order valence-electron chi connectivity index (χ1n) is 9.90. The Bertz CT molecular complexity index is 1370. The molecule has 5 rings (SSSR count). The largest absolute Gasteiger partial charge is 0.362 e. The molecule has 2 aromatic carbocycles. The molecular formula is C23H22N4O2. The molecule has 1 saturated carbocycles. The molecule has 0 saturated heterocycles. The van der Waals surface area contributed by atoms with E-state index in [4.69, 9.17) is 0 Å². The van der Waals surface area contributed by atoms with E-state index in [2.05, 4.69) is 47.7 Å². The van der Waals surface area contributed by atoms with Gasteiger partial charge in [0.05, 0.1) is 11.4 Å². The number of anilines is 1. The van der Waals surface area contributed by atoms with Crippen LogP contribution in [0.4, 0.5) is 5.82 Å². The van der Waals surface area contributed by atoms with Gasteiger partial charge in [0.1, 0.15) is 0 Å². The molecule has 0 aliphatic heterocycles. The minimum Gasteiger partial charge on any atom is -0.362 e. The number of rotatable bonds is 4. The smallest absolute Gasteiger partial charge is 0.274 e. The van der Waals surface area contributed by atoms with Gasteiger partial charge in [-0.1, -0.05) is 36.4 Å². The SMILES string of the molecule is CC(Nc1nn(C)c(=O)c2cc(=O)n(C3CC3)cc12)c1ccc2ccccc2c1. The number of aryl methyl sites for hydroxylation is 1. The second-order valence-electron chi connectivity index (χ2n) is 7.83. The van der Waals surface area contributed by atoms with Gasteiger partial charge < -0.3 is 9.88 Å². The van der Waals surface area contributed by atoms with Crippen molar-refractivity contribution in [3.63, 3.8) is 0 Å². The van der Waals surface area contributed by atoms with Crippen LogP contribution in [0.3, 0.4) is 0 Å². The van der Waals surface area contributed by atoms with Crippen molar-refractivity contribution in [2.75, 3.05) is 5.32 Å². The summed E-state index contributed by atoms with van der Waals surface area (Å²) in [6.45, 7) is 2.07. The van der Waals surface area contributed by atoms with Gasteiger partial charge in [0.15, 0.2) is 5.82 Å². The summed E-state index contributed by atoms with van der Waals surface area (Å²) in [7, 11) is 1.61. The predicted molar refractivity (Wildman–Crippen MR) is 116 cm³/mol. The number of benzene rings is 2. The Morgan fingerprint density at radius 2 is 1.79 bits per heavy atom. The van der Waals surface area contributed by atoms with Gasteiger partial charge in [-0.05, 0) is 42.2 Å². The Balaban J connectivity index is 1.59. The van der Waals surface area contributed by atoms with E-state index in [1.54, 1.807) is 17.8 Å². The molecule has 2 heterocycles. The monoisotopic (exact) mass is 386 g/mol. The molecule has 1 N–H and O–H groups in total. The van der Waals surface area contributed by atoms with E-state index in [9.17, 15) is 9.59 Å². The lowest BCUT2D eigenvalue weighted by atomic mass is 10.0. The quantitative estimate of drug-likeness (QED) is 0.580. The Hall–Kier alpha value is -3.41. The van der Waals surface area contributed by atoms with Crippen molar-refractivity contribution in [2.24, 2.45) is 7.05 Å². The maximum atomic E-state index is 12.6. The fraction of sp³-hybridized carbons (Fsp3) is 0.261. The van der Waals surface area contributed by atoms with Gasteiger partial charge in [-0.2, -0.15) is 5.10 Å². The Morgan fingerprint density at radius 1 is 1.03 bits per heavy atom. The first-order valence-corrected chi connectivity index (χ1v) is 9.90. The van der Waals surface area contributed by atoms with E-state index in [0.717, 1.165) is 18.4 Å². The van der Waals surface area contributed by atoms with Crippen molar-refractivity contribution in [3.8, 4) is 0 Å². The Morgan fingerprint density at radius 3 is 2.55 bits per heavy atom. The summed E-state index contributed by atoms with van der Waals surface area (Å²) in [5, 5.41) is 11.4. The minimum absolute atomic E-state index is 0.0193. The predicted octanol–water partition coefficient (Wildman–Crippen LogP) is 3.76. The summed E-state index contributed by atoms with van der Waals surface area (Å²) in [6.07, 6.45) is 3.79. The number of hydrogen-bond donors (Lipinski definition) is 1. The van der Waals surface area contributed by atoms with Gasteiger partial charge in [0.25, 0.3) is 11.1 Å². The second-order valence-corrected chi connectivity index (χ2v) is 7.83. The second kappa shape index (κ2) is 6.58. The number of fused-ring (bicyclic) bond motifs is 2. The van der Waals surface area contributed by atoms with E-state index in [0.29, 0.717) is 16.6 Å². The molecule has 29 heavy (non-hydrogen) atoms. The van der Waals surface area contributed by atoms with E-state index in [1.165, 1.54) is 21.5 Å². The summed E-state index contributed by atoms with van der Waals surface area (Å²) in [4.78, 5) is 25.0. The van der Waals surface area contributed by atoms with Gasteiger partial charge in [0, 0.05) is 30.7 Å². The van der Waals surface area contributed by atoms with Crippen molar-refractivity contribution in [1.29, 1.82) is 0 Å². The summed E-state index contributed by atoms with van der Waals surface area (Å²) in [5.74, 6) is 0.608. The molecule has 1 aliphatic rings. The molecule has 4 aromatic rings. The lowest BCUT2D eigenvalue weighted by Crippen LogP contribution is -2.26. The van der Waals surface area contributed by atoms with Crippen molar-refractivity contribution in [1.82, 2.24) is 14.3 Å². The van der Waals surface area contributed by atoms with Crippen LogP contribution in [0.2, 0.25) is 0 Å². The van der Waals surface area contributed by atoms with Gasteiger partial charge >= 0.3 is 0 Å². The lowest BCUT2D eigenvalue weighted by molar-refractivity contribution is 0.698. The van der Waals surface area contributed by atoms with Crippen molar-refractivity contribution < 1.29 is 0 Å². The number of hydrogen-bond acceptors (Lipinski definition) is 4. The molecule has 1 atom stereocenters. The molecular weight excluding hydrogens is 364 g/mol. The summed E-state index contributed by atoms with van der Waals surface area (Å²) < 4.78 is 3.02.